The molecule has 5 nitrogen and oxygen atoms in total. The fourth-order valence-electron chi connectivity index (χ4n) is 3.61. The van der Waals surface area contributed by atoms with Gasteiger partial charge in [-0.25, -0.2) is 0 Å². The highest BCUT2D eigenvalue weighted by Gasteiger charge is 2.34. The van der Waals surface area contributed by atoms with Gasteiger partial charge < -0.3 is 4.74 Å². The summed E-state index contributed by atoms with van der Waals surface area (Å²) in [4.78, 5) is 23.0. The molecule has 1 aromatic carbocycles. The van der Waals surface area contributed by atoms with Gasteiger partial charge in [0.2, 0.25) is 0 Å². The molecule has 2 rings (SSSR count). The summed E-state index contributed by atoms with van der Waals surface area (Å²) in [6.07, 6.45) is 3.05. The van der Waals surface area contributed by atoms with Gasteiger partial charge in [-0.05, 0) is 49.1 Å². The molecule has 0 heterocycles. The predicted molar refractivity (Wildman–Crippen MR) is 97.7 cm³/mol. The van der Waals surface area contributed by atoms with E-state index in [1.807, 2.05) is 0 Å². The SMILES string of the molecule is CC(C)[C@@H]1CC[C@@H](C)C[C@H]1OC(=O)[C@@H](C)c1ccc([N+](=O)[O-])cc1Cl. The van der Waals surface area contributed by atoms with Crippen molar-refractivity contribution in [3.63, 3.8) is 0 Å². The molecular weight excluding hydrogens is 342 g/mol. The lowest BCUT2D eigenvalue weighted by atomic mass is 9.75. The summed E-state index contributed by atoms with van der Waals surface area (Å²) in [6.45, 7) is 8.25. The Labute approximate surface area is 153 Å². The average Bonchev–Trinajstić information content (AvgIpc) is 2.53. The number of rotatable bonds is 5. The van der Waals surface area contributed by atoms with Crippen molar-refractivity contribution in [2.45, 2.75) is 59.0 Å². The number of nitrogens with zero attached hydrogens (tertiary/aromatic N) is 1. The Bertz CT molecular complexity index is 646. The smallest absolute Gasteiger partial charge is 0.313 e. The summed E-state index contributed by atoms with van der Waals surface area (Å²) >= 11 is 6.15. The second-order valence-corrected chi connectivity index (χ2v) is 7.89. The van der Waals surface area contributed by atoms with Crippen molar-refractivity contribution >= 4 is 23.3 Å². The van der Waals surface area contributed by atoms with E-state index in [1.54, 1.807) is 6.92 Å². The molecule has 0 bridgehead atoms. The Morgan fingerprint density at radius 1 is 1.32 bits per heavy atom. The predicted octanol–water partition coefficient (Wildman–Crippen LogP) is 5.36. The van der Waals surface area contributed by atoms with Gasteiger partial charge in [-0.3, -0.25) is 14.9 Å². The van der Waals surface area contributed by atoms with Gasteiger partial charge in [0.25, 0.3) is 5.69 Å². The van der Waals surface area contributed by atoms with Crippen LogP contribution in [0.5, 0.6) is 0 Å². The van der Waals surface area contributed by atoms with Crippen LogP contribution in [0.25, 0.3) is 0 Å². The van der Waals surface area contributed by atoms with Crippen LogP contribution in [0.4, 0.5) is 5.69 Å². The summed E-state index contributed by atoms with van der Waals surface area (Å²) in [5.41, 5.74) is 0.470. The Kier molecular flexibility index (Phi) is 6.44. The van der Waals surface area contributed by atoms with Crippen LogP contribution in [0, 0.1) is 27.9 Å². The molecule has 1 aliphatic rings. The maximum absolute atomic E-state index is 12.6. The molecule has 0 saturated heterocycles. The van der Waals surface area contributed by atoms with Crippen molar-refractivity contribution in [1.82, 2.24) is 0 Å². The van der Waals surface area contributed by atoms with E-state index in [0.29, 0.717) is 23.3 Å². The van der Waals surface area contributed by atoms with E-state index >= 15 is 0 Å². The minimum atomic E-state index is -0.557. The van der Waals surface area contributed by atoms with E-state index in [2.05, 4.69) is 20.8 Å². The minimum absolute atomic E-state index is 0.0736. The number of esters is 1. The molecule has 1 aliphatic carbocycles. The van der Waals surface area contributed by atoms with E-state index in [0.717, 1.165) is 12.8 Å². The molecule has 1 fully saturated rings. The highest BCUT2D eigenvalue weighted by atomic mass is 35.5. The number of carbonyl (C=O) groups excluding carboxylic acids is 1. The molecule has 25 heavy (non-hydrogen) atoms. The lowest BCUT2D eigenvalue weighted by Gasteiger charge is -2.37. The maximum Gasteiger partial charge on any atom is 0.313 e. The van der Waals surface area contributed by atoms with Crippen LogP contribution in [0.3, 0.4) is 0 Å². The molecule has 0 aliphatic heterocycles. The molecule has 0 N–H and O–H groups in total. The van der Waals surface area contributed by atoms with Gasteiger partial charge in [0.1, 0.15) is 6.10 Å². The highest BCUT2D eigenvalue weighted by molar-refractivity contribution is 6.31. The maximum atomic E-state index is 12.6. The fraction of sp³-hybridized carbons (Fsp3) is 0.632. The largest absolute Gasteiger partial charge is 0.462 e. The van der Waals surface area contributed by atoms with Crippen molar-refractivity contribution < 1.29 is 14.5 Å². The van der Waals surface area contributed by atoms with Gasteiger partial charge in [0.05, 0.1) is 15.9 Å². The van der Waals surface area contributed by atoms with Gasteiger partial charge in [0, 0.05) is 12.1 Å². The molecule has 0 radical (unpaired) electrons. The monoisotopic (exact) mass is 367 g/mol. The quantitative estimate of drug-likeness (QED) is 0.399. The summed E-state index contributed by atoms with van der Waals surface area (Å²) in [7, 11) is 0. The molecule has 0 spiro atoms. The summed E-state index contributed by atoms with van der Waals surface area (Å²) in [5, 5.41) is 11.0. The second-order valence-electron chi connectivity index (χ2n) is 7.49. The van der Waals surface area contributed by atoms with Crippen molar-refractivity contribution in [1.29, 1.82) is 0 Å². The Balaban J connectivity index is 2.12. The van der Waals surface area contributed by atoms with Crippen LogP contribution in [0.1, 0.15) is 58.4 Å². The summed E-state index contributed by atoms with van der Waals surface area (Å²) in [5.74, 6) is 0.508. The summed E-state index contributed by atoms with van der Waals surface area (Å²) in [6, 6.07) is 4.18. The molecular formula is C19H26ClNO4. The first-order valence-corrected chi connectivity index (χ1v) is 9.22. The minimum Gasteiger partial charge on any atom is -0.462 e. The zero-order valence-corrected chi connectivity index (χ0v) is 16.0. The number of non-ortho nitro benzene ring substituents is 1. The van der Waals surface area contributed by atoms with Crippen LogP contribution >= 0.6 is 11.6 Å². The third-order valence-corrected chi connectivity index (χ3v) is 5.57. The van der Waals surface area contributed by atoms with Gasteiger partial charge >= 0.3 is 5.97 Å². The highest BCUT2D eigenvalue weighted by Crippen LogP contribution is 2.37. The van der Waals surface area contributed by atoms with E-state index in [1.165, 1.54) is 24.6 Å². The van der Waals surface area contributed by atoms with Gasteiger partial charge in [-0.15, -0.1) is 0 Å². The zero-order valence-electron chi connectivity index (χ0n) is 15.2. The molecule has 1 aromatic rings. The lowest BCUT2D eigenvalue weighted by molar-refractivity contribution is -0.384. The van der Waals surface area contributed by atoms with E-state index in [-0.39, 0.29) is 22.8 Å². The lowest BCUT2D eigenvalue weighted by Crippen LogP contribution is -2.36. The number of nitro benzene ring substituents is 1. The number of nitro groups is 1. The molecule has 6 heteroatoms. The zero-order chi connectivity index (χ0) is 18.7. The van der Waals surface area contributed by atoms with E-state index in [4.69, 9.17) is 16.3 Å². The van der Waals surface area contributed by atoms with E-state index in [9.17, 15) is 14.9 Å². The molecule has 4 atom stereocenters. The first kappa shape index (κ1) is 19.7. The number of halogens is 1. The van der Waals surface area contributed by atoms with Crippen LogP contribution in [0.15, 0.2) is 18.2 Å². The molecule has 0 aromatic heterocycles. The first-order chi connectivity index (χ1) is 11.7. The number of ether oxygens (including phenoxy) is 1. The molecule has 0 unspecified atom stereocenters. The van der Waals surface area contributed by atoms with Crippen molar-refractivity contribution in [2.75, 3.05) is 0 Å². The third kappa shape index (κ3) is 4.72. The van der Waals surface area contributed by atoms with E-state index < -0.39 is 10.8 Å². The first-order valence-electron chi connectivity index (χ1n) is 8.85. The molecule has 0 amide bonds. The Hall–Kier alpha value is -1.62. The number of hydrogen-bond acceptors (Lipinski definition) is 4. The third-order valence-electron chi connectivity index (χ3n) is 5.24. The standard InChI is InChI=1S/C19H26ClNO4/c1-11(2)15-7-5-12(3)9-18(15)25-19(22)13(4)16-8-6-14(21(23)24)10-17(16)20/h6,8,10-13,15,18H,5,7,9H2,1-4H3/t12-,13+,15+,18-/m1/s1. The fourth-order valence-corrected chi connectivity index (χ4v) is 3.95. The normalized spacial score (nSPS) is 24.8. The number of carbonyl (C=O) groups is 1. The van der Waals surface area contributed by atoms with Crippen LogP contribution in [-0.4, -0.2) is 17.0 Å². The van der Waals surface area contributed by atoms with Crippen molar-refractivity contribution in [3.05, 3.63) is 38.9 Å². The van der Waals surface area contributed by atoms with Crippen molar-refractivity contribution in [2.24, 2.45) is 17.8 Å². The molecule has 1 saturated carbocycles. The number of benzene rings is 1. The van der Waals surface area contributed by atoms with Crippen LogP contribution in [0.2, 0.25) is 5.02 Å². The van der Waals surface area contributed by atoms with Crippen molar-refractivity contribution in [3.8, 4) is 0 Å². The number of hydrogen-bond donors (Lipinski definition) is 0. The average molecular weight is 368 g/mol. The Morgan fingerprint density at radius 2 is 2.00 bits per heavy atom. The Morgan fingerprint density at radius 3 is 2.56 bits per heavy atom. The summed E-state index contributed by atoms with van der Waals surface area (Å²) < 4.78 is 5.85. The second kappa shape index (κ2) is 8.17. The van der Waals surface area contributed by atoms with Gasteiger partial charge in [0.15, 0.2) is 0 Å². The molecule has 138 valence electrons. The van der Waals surface area contributed by atoms with Gasteiger partial charge in [-0.1, -0.05) is 38.8 Å². The van der Waals surface area contributed by atoms with Crippen LogP contribution < -0.4 is 0 Å². The van der Waals surface area contributed by atoms with Gasteiger partial charge in [-0.2, -0.15) is 0 Å². The van der Waals surface area contributed by atoms with Crippen LogP contribution in [-0.2, 0) is 9.53 Å². The topological polar surface area (TPSA) is 69.4 Å².